The SMILES string of the molecule is CCCCCCCCCCCC1(O)O[C@H](CO)[C@@H](O)[C@H](O)[C@H]1O. The minimum absolute atomic E-state index is 0.171. The summed E-state index contributed by atoms with van der Waals surface area (Å²) in [4.78, 5) is 0. The molecule has 0 aromatic heterocycles. The van der Waals surface area contributed by atoms with Gasteiger partial charge in [0.15, 0.2) is 5.79 Å². The van der Waals surface area contributed by atoms with Gasteiger partial charge in [-0.2, -0.15) is 0 Å². The molecule has 1 heterocycles. The molecule has 0 spiro atoms. The second-order valence-electron chi connectivity index (χ2n) is 6.69. The van der Waals surface area contributed by atoms with Crippen LogP contribution < -0.4 is 0 Å². The Kier molecular flexibility index (Phi) is 9.58. The second kappa shape index (κ2) is 10.6. The van der Waals surface area contributed by atoms with Crippen molar-refractivity contribution in [2.24, 2.45) is 0 Å². The van der Waals surface area contributed by atoms with Crippen molar-refractivity contribution < 1.29 is 30.3 Å². The highest BCUT2D eigenvalue weighted by Gasteiger charge is 2.51. The van der Waals surface area contributed by atoms with Gasteiger partial charge in [0.1, 0.15) is 24.4 Å². The molecule has 6 heteroatoms. The highest BCUT2D eigenvalue weighted by atomic mass is 16.7. The zero-order valence-electron chi connectivity index (χ0n) is 14.2. The molecule has 1 aliphatic rings. The standard InChI is InChI=1S/C17H34O6/c1-2-3-4-5-6-7-8-9-10-11-17(22)16(21)15(20)14(19)13(12-18)23-17/h13-16,18-22H,2-12H2,1H3/t13-,14-,15+,16-,17?/m1/s1. The molecule has 0 bridgehead atoms. The summed E-state index contributed by atoms with van der Waals surface area (Å²) >= 11 is 0. The predicted molar refractivity (Wildman–Crippen MR) is 86.8 cm³/mol. The maximum absolute atomic E-state index is 10.4. The van der Waals surface area contributed by atoms with Crippen molar-refractivity contribution in [1.29, 1.82) is 0 Å². The van der Waals surface area contributed by atoms with E-state index in [1.54, 1.807) is 0 Å². The van der Waals surface area contributed by atoms with Crippen LogP contribution in [0.25, 0.3) is 0 Å². The molecule has 0 saturated carbocycles. The number of unbranched alkanes of at least 4 members (excludes halogenated alkanes) is 8. The van der Waals surface area contributed by atoms with Crippen molar-refractivity contribution in [2.45, 2.75) is 101 Å². The zero-order chi connectivity index (χ0) is 17.3. The smallest absolute Gasteiger partial charge is 0.195 e. The summed E-state index contributed by atoms with van der Waals surface area (Å²) in [6.45, 7) is 1.68. The predicted octanol–water partition coefficient (Wildman–Crippen LogP) is 1.07. The summed E-state index contributed by atoms with van der Waals surface area (Å²) in [6.07, 6.45) is 4.69. The third kappa shape index (κ3) is 6.29. The fourth-order valence-electron chi connectivity index (χ4n) is 3.12. The van der Waals surface area contributed by atoms with E-state index in [-0.39, 0.29) is 6.42 Å². The molecule has 0 aromatic carbocycles. The first-order valence-corrected chi connectivity index (χ1v) is 9.01. The maximum Gasteiger partial charge on any atom is 0.195 e. The third-order valence-electron chi connectivity index (χ3n) is 4.69. The molecule has 0 aliphatic carbocycles. The Bertz CT molecular complexity index is 311. The average Bonchev–Trinajstić information content (AvgIpc) is 2.55. The van der Waals surface area contributed by atoms with Crippen LogP contribution in [0.4, 0.5) is 0 Å². The van der Waals surface area contributed by atoms with Crippen molar-refractivity contribution in [2.75, 3.05) is 6.61 Å². The van der Waals surface area contributed by atoms with E-state index in [1.807, 2.05) is 0 Å². The summed E-state index contributed by atoms with van der Waals surface area (Å²) in [7, 11) is 0. The van der Waals surface area contributed by atoms with Crippen molar-refractivity contribution in [3.8, 4) is 0 Å². The Hall–Kier alpha value is -0.240. The lowest BCUT2D eigenvalue weighted by Crippen LogP contribution is -2.65. The molecule has 1 aliphatic heterocycles. The van der Waals surface area contributed by atoms with Crippen molar-refractivity contribution in [3.63, 3.8) is 0 Å². The Morgan fingerprint density at radius 2 is 1.35 bits per heavy atom. The first-order chi connectivity index (χ1) is 11.0. The van der Waals surface area contributed by atoms with Crippen LogP contribution in [0.5, 0.6) is 0 Å². The molecular formula is C17H34O6. The topological polar surface area (TPSA) is 110 Å². The Labute approximate surface area is 139 Å². The zero-order valence-corrected chi connectivity index (χ0v) is 14.2. The molecule has 0 radical (unpaired) electrons. The van der Waals surface area contributed by atoms with Gasteiger partial charge in [-0.25, -0.2) is 0 Å². The molecule has 0 amide bonds. The van der Waals surface area contributed by atoms with E-state index in [1.165, 1.54) is 32.1 Å². The molecule has 1 rings (SSSR count). The molecule has 1 fully saturated rings. The number of aliphatic hydroxyl groups is 5. The summed E-state index contributed by atoms with van der Waals surface area (Å²) < 4.78 is 5.24. The summed E-state index contributed by atoms with van der Waals surface area (Å²) in [5.74, 6) is -1.91. The second-order valence-corrected chi connectivity index (χ2v) is 6.69. The van der Waals surface area contributed by atoms with Crippen molar-refractivity contribution >= 4 is 0 Å². The lowest BCUT2D eigenvalue weighted by Gasteiger charge is -2.45. The van der Waals surface area contributed by atoms with Gasteiger partial charge in [0, 0.05) is 6.42 Å². The summed E-state index contributed by atoms with van der Waals surface area (Å²) in [5.41, 5.74) is 0. The molecule has 0 aromatic rings. The van der Waals surface area contributed by atoms with Gasteiger partial charge in [0.05, 0.1) is 6.61 Å². The molecule has 23 heavy (non-hydrogen) atoms. The Morgan fingerprint density at radius 1 is 0.826 bits per heavy atom. The molecule has 5 N–H and O–H groups in total. The lowest BCUT2D eigenvalue weighted by molar-refractivity contribution is -0.351. The van der Waals surface area contributed by atoms with Gasteiger partial charge in [-0.1, -0.05) is 58.3 Å². The van der Waals surface area contributed by atoms with Gasteiger partial charge in [0.2, 0.25) is 0 Å². The third-order valence-corrected chi connectivity index (χ3v) is 4.69. The summed E-state index contributed by atoms with van der Waals surface area (Å²) in [5, 5.41) is 48.9. The molecular weight excluding hydrogens is 300 g/mol. The fraction of sp³-hybridized carbons (Fsp3) is 1.00. The van der Waals surface area contributed by atoms with E-state index in [0.717, 1.165) is 19.3 Å². The molecule has 6 nitrogen and oxygen atoms in total. The minimum atomic E-state index is -1.91. The molecule has 1 saturated heterocycles. The van der Waals surface area contributed by atoms with Crippen molar-refractivity contribution in [3.05, 3.63) is 0 Å². The van der Waals surface area contributed by atoms with Gasteiger partial charge in [0.25, 0.3) is 0 Å². The first-order valence-electron chi connectivity index (χ1n) is 9.01. The van der Waals surface area contributed by atoms with Crippen LogP contribution in [-0.2, 0) is 4.74 Å². The van der Waals surface area contributed by atoms with Gasteiger partial charge in [-0.05, 0) is 6.42 Å². The molecule has 5 atom stereocenters. The van der Waals surface area contributed by atoms with Crippen LogP contribution in [0.15, 0.2) is 0 Å². The van der Waals surface area contributed by atoms with E-state index in [2.05, 4.69) is 6.92 Å². The van der Waals surface area contributed by atoms with Crippen LogP contribution in [0.3, 0.4) is 0 Å². The monoisotopic (exact) mass is 334 g/mol. The summed E-state index contributed by atoms with van der Waals surface area (Å²) in [6, 6.07) is 0. The van der Waals surface area contributed by atoms with E-state index in [0.29, 0.717) is 6.42 Å². The van der Waals surface area contributed by atoms with Gasteiger partial charge >= 0.3 is 0 Å². The number of aliphatic hydroxyl groups excluding tert-OH is 4. The highest BCUT2D eigenvalue weighted by molar-refractivity contribution is 4.95. The largest absolute Gasteiger partial charge is 0.394 e. The highest BCUT2D eigenvalue weighted by Crippen LogP contribution is 2.32. The quantitative estimate of drug-likeness (QED) is 0.362. The van der Waals surface area contributed by atoms with Gasteiger partial charge < -0.3 is 30.3 Å². The number of ether oxygens (including phenoxy) is 1. The van der Waals surface area contributed by atoms with Crippen molar-refractivity contribution in [1.82, 2.24) is 0 Å². The van der Waals surface area contributed by atoms with Crippen LogP contribution in [0, 0.1) is 0 Å². The van der Waals surface area contributed by atoms with Gasteiger partial charge in [-0.15, -0.1) is 0 Å². The van der Waals surface area contributed by atoms with Crippen LogP contribution in [0.1, 0.15) is 71.1 Å². The van der Waals surface area contributed by atoms with E-state index in [9.17, 15) is 20.4 Å². The maximum atomic E-state index is 10.4. The minimum Gasteiger partial charge on any atom is -0.394 e. The average molecular weight is 334 g/mol. The number of hydrogen-bond acceptors (Lipinski definition) is 6. The fourth-order valence-corrected chi connectivity index (χ4v) is 3.12. The lowest BCUT2D eigenvalue weighted by atomic mass is 9.89. The molecule has 1 unspecified atom stereocenters. The van der Waals surface area contributed by atoms with E-state index in [4.69, 9.17) is 9.84 Å². The van der Waals surface area contributed by atoms with E-state index >= 15 is 0 Å². The Morgan fingerprint density at radius 3 is 1.87 bits per heavy atom. The van der Waals surface area contributed by atoms with Gasteiger partial charge in [-0.3, -0.25) is 0 Å². The van der Waals surface area contributed by atoms with Crippen LogP contribution in [0.2, 0.25) is 0 Å². The Balaban J connectivity index is 2.24. The van der Waals surface area contributed by atoms with Crippen LogP contribution in [-0.4, -0.2) is 62.3 Å². The van der Waals surface area contributed by atoms with Crippen LogP contribution >= 0.6 is 0 Å². The normalized spacial score (nSPS) is 34.7. The number of hydrogen-bond donors (Lipinski definition) is 5. The number of rotatable bonds is 11. The molecule has 138 valence electrons. The van der Waals surface area contributed by atoms with E-state index < -0.39 is 36.8 Å². The first kappa shape index (κ1) is 20.8.